The van der Waals surface area contributed by atoms with Crippen LogP contribution in [0.4, 0.5) is 0 Å². The highest BCUT2D eigenvalue weighted by Crippen LogP contribution is 2.28. The van der Waals surface area contributed by atoms with Crippen LogP contribution in [-0.2, 0) is 11.2 Å². The number of nitrogens with zero attached hydrogens (tertiary/aromatic N) is 4. The summed E-state index contributed by atoms with van der Waals surface area (Å²) in [5.41, 5.74) is 2.79. The van der Waals surface area contributed by atoms with Gasteiger partial charge in [-0.3, -0.25) is 4.79 Å². The molecule has 7 nitrogen and oxygen atoms in total. The molecule has 4 rings (SSSR count). The molecule has 31 heavy (non-hydrogen) atoms. The quantitative estimate of drug-likeness (QED) is 0.337. The van der Waals surface area contributed by atoms with Gasteiger partial charge in [0.25, 0.3) is 0 Å². The first-order valence-electron chi connectivity index (χ1n) is 9.97. The number of methoxy groups -OCH3 is 1. The number of ether oxygens (including phenoxy) is 1. The van der Waals surface area contributed by atoms with Crippen molar-refractivity contribution in [2.45, 2.75) is 23.6 Å². The lowest BCUT2D eigenvalue weighted by Gasteiger charge is -2.12. The smallest absolute Gasteiger partial charge is 0.233 e. The zero-order valence-corrected chi connectivity index (χ0v) is 18.2. The highest BCUT2D eigenvalue weighted by atomic mass is 32.2. The Morgan fingerprint density at radius 3 is 2.65 bits per heavy atom. The minimum atomic E-state index is -0.297. The molecule has 0 fully saturated rings. The van der Waals surface area contributed by atoms with E-state index in [4.69, 9.17) is 4.74 Å². The van der Waals surface area contributed by atoms with Crippen molar-refractivity contribution in [3.8, 4) is 11.4 Å². The molecule has 4 aromatic rings. The van der Waals surface area contributed by atoms with Crippen LogP contribution in [0.2, 0.25) is 0 Å². The number of hydrogen-bond acceptors (Lipinski definition) is 6. The molecule has 8 heteroatoms. The van der Waals surface area contributed by atoms with Gasteiger partial charge in [-0.1, -0.05) is 42.1 Å². The highest BCUT2D eigenvalue weighted by Gasteiger charge is 2.18. The monoisotopic (exact) mass is 433 g/mol. The fraction of sp³-hybridized carbons (Fsp3) is 0.217. The molecule has 1 atom stereocenters. The molecule has 0 bridgehead atoms. The molecule has 1 N–H and O–H groups in total. The molecule has 0 aliphatic rings. The van der Waals surface area contributed by atoms with E-state index in [-0.39, 0.29) is 11.2 Å². The zero-order valence-electron chi connectivity index (χ0n) is 17.4. The van der Waals surface area contributed by atoms with Crippen molar-refractivity contribution >= 4 is 28.7 Å². The predicted octanol–water partition coefficient (Wildman–Crippen LogP) is 3.66. The van der Waals surface area contributed by atoms with Crippen molar-refractivity contribution < 1.29 is 9.53 Å². The summed E-state index contributed by atoms with van der Waals surface area (Å²) in [7, 11) is 1.65. The van der Waals surface area contributed by atoms with Gasteiger partial charge in [0.15, 0.2) is 5.65 Å². The van der Waals surface area contributed by atoms with E-state index < -0.39 is 0 Å². The first-order chi connectivity index (χ1) is 15.2. The molecule has 2 heterocycles. The number of hydrogen-bond donors (Lipinski definition) is 1. The van der Waals surface area contributed by atoms with E-state index in [1.165, 1.54) is 18.1 Å². The van der Waals surface area contributed by atoms with Crippen LogP contribution in [0.5, 0.6) is 5.75 Å². The topological polar surface area (TPSA) is 81.9 Å². The van der Waals surface area contributed by atoms with Crippen LogP contribution in [-0.4, -0.2) is 44.6 Å². The maximum atomic E-state index is 12.6. The second-order valence-corrected chi connectivity index (χ2v) is 8.29. The van der Waals surface area contributed by atoms with Crippen LogP contribution in [0.3, 0.4) is 0 Å². The second kappa shape index (κ2) is 9.61. The molecular weight excluding hydrogens is 410 g/mol. The van der Waals surface area contributed by atoms with Crippen molar-refractivity contribution in [2.24, 2.45) is 0 Å². The van der Waals surface area contributed by atoms with Gasteiger partial charge in [-0.05, 0) is 43.2 Å². The summed E-state index contributed by atoms with van der Waals surface area (Å²) in [4.78, 5) is 21.4. The standard InChI is InChI=1S/C23H23N5O2S/c1-16(22(29)24-13-12-17-8-10-19(30-2)11-9-17)31-23-20-14-27-28(21(20)25-15-26-23)18-6-4-3-5-7-18/h3-11,14-16H,12-13H2,1-2H3,(H,24,29). The first kappa shape index (κ1) is 20.9. The normalized spacial score (nSPS) is 11.9. The van der Waals surface area contributed by atoms with Gasteiger partial charge >= 0.3 is 0 Å². The van der Waals surface area contributed by atoms with E-state index in [2.05, 4.69) is 20.4 Å². The number of thioether (sulfide) groups is 1. The molecule has 0 aliphatic carbocycles. The Labute approximate surface area is 184 Å². The number of carbonyl (C=O) groups excluding carboxylic acids is 1. The Hall–Kier alpha value is -3.39. The Kier molecular flexibility index (Phi) is 6.47. The molecule has 0 spiro atoms. The van der Waals surface area contributed by atoms with Gasteiger partial charge in [-0.2, -0.15) is 5.10 Å². The Bertz CT molecular complexity index is 1160. The molecule has 2 aromatic heterocycles. The Balaban J connectivity index is 1.39. The fourth-order valence-electron chi connectivity index (χ4n) is 3.16. The SMILES string of the molecule is COc1ccc(CCNC(=O)C(C)Sc2ncnc3c2cnn3-c2ccccc2)cc1. The average molecular weight is 434 g/mol. The number of para-hydroxylation sites is 1. The lowest BCUT2D eigenvalue weighted by Crippen LogP contribution is -2.32. The first-order valence-corrected chi connectivity index (χ1v) is 10.8. The third-order valence-corrected chi connectivity index (χ3v) is 5.98. The lowest BCUT2D eigenvalue weighted by atomic mass is 10.1. The summed E-state index contributed by atoms with van der Waals surface area (Å²) >= 11 is 1.41. The van der Waals surface area contributed by atoms with Crippen molar-refractivity contribution in [3.63, 3.8) is 0 Å². The maximum Gasteiger partial charge on any atom is 0.233 e. The number of rotatable bonds is 8. The molecule has 0 aliphatic heterocycles. The number of carbonyl (C=O) groups is 1. The van der Waals surface area contributed by atoms with Crippen LogP contribution < -0.4 is 10.1 Å². The van der Waals surface area contributed by atoms with Gasteiger partial charge < -0.3 is 10.1 Å². The summed E-state index contributed by atoms with van der Waals surface area (Å²) in [5, 5.41) is 8.74. The van der Waals surface area contributed by atoms with E-state index in [0.29, 0.717) is 6.54 Å². The number of nitrogens with one attached hydrogen (secondary N) is 1. The van der Waals surface area contributed by atoms with Gasteiger partial charge in [0.1, 0.15) is 17.1 Å². The van der Waals surface area contributed by atoms with Crippen LogP contribution in [0, 0.1) is 0 Å². The molecule has 1 unspecified atom stereocenters. The number of aromatic nitrogens is 4. The van der Waals surface area contributed by atoms with Crippen LogP contribution in [0.25, 0.3) is 16.7 Å². The Morgan fingerprint density at radius 1 is 1.13 bits per heavy atom. The number of amides is 1. The number of benzene rings is 2. The predicted molar refractivity (Wildman–Crippen MR) is 122 cm³/mol. The minimum absolute atomic E-state index is 0.0271. The Morgan fingerprint density at radius 2 is 1.90 bits per heavy atom. The van der Waals surface area contributed by atoms with E-state index in [1.807, 2.05) is 61.5 Å². The molecule has 1 amide bonds. The molecule has 2 aromatic carbocycles. The number of fused-ring (bicyclic) bond motifs is 1. The van der Waals surface area contributed by atoms with Gasteiger partial charge in [0.2, 0.25) is 5.91 Å². The zero-order chi connectivity index (χ0) is 21.6. The van der Waals surface area contributed by atoms with Crippen molar-refractivity contribution in [1.29, 1.82) is 0 Å². The molecule has 158 valence electrons. The molecule has 0 radical (unpaired) electrons. The van der Waals surface area contributed by atoms with Gasteiger partial charge in [0, 0.05) is 6.54 Å². The summed E-state index contributed by atoms with van der Waals surface area (Å²) in [5.74, 6) is 0.797. The van der Waals surface area contributed by atoms with Crippen LogP contribution >= 0.6 is 11.8 Å². The summed E-state index contributed by atoms with van der Waals surface area (Å²) in [6.07, 6.45) is 4.02. The van der Waals surface area contributed by atoms with Crippen molar-refractivity contribution in [3.05, 3.63) is 72.7 Å². The minimum Gasteiger partial charge on any atom is -0.497 e. The highest BCUT2D eigenvalue weighted by molar-refractivity contribution is 8.00. The van der Waals surface area contributed by atoms with Crippen molar-refractivity contribution in [2.75, 3.05) is 13.7 Å². The van der Waals surface area contributed by atoms with Crippen LogP contribution in [0.1, 0.15) is 12.5 Å². The average Bonchev–Trinajstić information content (AvgIpc) is 3.25. The van der Waals surface area contributed by atoms with E-state index in [1.54, 1.807) is 18.0 Å². The van der Waals surface area contributed by atoms with E-state index >= 15 is 0 Å². The fourth-order valence-corrected chi connectivity index (χ4v) is 4.07. The van der Waals surface area contributed by atoms with Gasteiger partial charge in [-0.15, -0.1) is 0 Å². The molecule has 0 saturated heterocycles. The summed E-state index contributed by atoms with van der Waals surface area (Å²) in [6.45, 7) is 2.45. The van der Waals surface area contributed by atoms with Gasteiger partial charge in [-0.25, -0.2) is 14.6 Å². The summed E-state index contributed by atoms with van der Waals surface area (Å²) in [6, 6.07) is 17.7. The largest absolute Gasteiger partial charge is 0.497 e. The van der Waals surface area contributed by atoms with Gasteiger partial charge in [0.05, 0.1) is 29.6 Å². The third-order valence-electron chi connectivity index (χ3n) is 4.86. The molecular formula is C23H23N5O2S. The molecule has 0 saturated carbocycles. The third kappa shape index (κ3) is 4.86. The van der Waals surface area contributed by atoms with Crippen molar-refractivity contribution in [1.82, 2.24) is 25.1 Å². The maximum absolute atomic E-state index is 12.6. The van der Waals surface area contributed by atoms with E-state index in [0.717, 1.165) is 39.5 Å². The van der Waals surface area contributed by atoms with E-state index in [9.17, 15) is 4.79 Å². The second-order valence-electron chi connectivity index (χ2n) is 6.96. The van der Waals surface area contributed by atoms with Crippen LogP contribution in [0.15, 0.2) is 72.1 Å². The summed E-state index contributed by atoms with van der Waals surface area (Å²) < 4.78 is 6.95. The lowest BCUT2D eigenvalue weighted by molar-refractivity contribution is -0.120.